The minimum atomic E-state index is -4.48. The summed E-state index contributed by atoms with van der Waals surface area (Å²) in [6.45, 7) is 8.27. The van der Waals surface area contributed by atoms with Gasteiger partial charge in [0.15, 0.2) is 5.65 Å². The molecule has 1 aliphatic rings. The Labute approximate surface area is 173 Å². The van der Waals surface area contributed by atoms with E-state index in [1.807, 2.05) is 33.0 Å². The first kappa shape index (κ1) is 20.8. The molecule has 1 saturated heterocycles. The summed E-state index contributed by atoms with van der Waals surface area (Å²) in [5.74, 6) is -0.00518. The summed E-state index contributed by atoms with van der Waals surface area (Å²) in [4.78, 5) is 10.9. The molecule has 1 atom stereocenters. The second kappa shape index (κ2) is 7.98. The van der Waals surface area contributed by atoms with Crippen molar-refractivity contribution in [2.75, 3.05) is 13.1 Å². The van der Waals surface area contributed by atoms with Crippen molar-refractivity contribution < 1.29 is 13.2 Å². The Bertz CT molecular complexity index is 1040. The molecule has 0 unspecified atom stereocenters. The molecule has 0 radical (unpaired) electrons. The van der Waals surface area contributed by atoms with Crippen LogP contribution in [0.3, 0.4) is 0 Å². The second-order valence-electron chi connectivity index (χ2n) is 8.43. The third-order valence-electron chi connectivity index (χ3n) is 5.80. The van der Waals surface area contributed by atoms with Crippen LogP contribution in [0.5, 0.6) is 0 Å². The van der Waals surface area contributed by atoms with Gasteiger partial charge in [-0.25, -0.2) is 9.50 Å². The van der Waals surface area contributed by atoms with Crippen LogP contribution in [-0.4, -0.2) is 37.6 Å². The average molecular weight is 417 g/mol. The zero-order valence-corrected chi connectivity index (χ0v) is 17.4. The first-order valence-corrected chi connectivity index (χ1v) is 10.3. The van der Waals surface area contributed by atoms with Gasteiger partial charge in [-0.1, -0.05) is 13.8 Å². The molecule has 0 saturated carbocycles. The predicted octanol–water partition coefficient (Wildman–Crippen LogP) is 4.95. The number of rotatable bonds is 4. The molecule has 5 nitrogen and oxygen atoms in total. The molecule has 3 aromatic rings. The normalized spacial score (nSPS) is 18.4. The number of alkyl halides is 3. The number of pyridine rings is 1. The lowest BCUT2D eigenvalue weighted by atomic mass is 9.94. The molecule has 0 bridgehead atoms. The Morgan fingerprint density at radius 3 is 2.73 bits per heavy atom. The van der Waals surface area contributed by atoms with Gasteiger partial charge in [-0.05, 0) is 55.5 Å². The van der Waals surface area contributed by atoms with Crippen LogP contribution in [0.1, 0.15) is 66.7 Å². The van der Waals surface area contributed by atoms with Crippen molar-refractivity contribution in [2.45, 2.75) is 58.2 Å². The van der Waals surface area contributed by atoms with E-state index in [0.29, 0.717) is 11.4 Å². The zero-order chi connectivity index (χ0) is 21.5. The fraction of sp³-hybridized carbons (Fsp3) is 0.500. The summed E-state index contributed by atoms with van der Waals surface area (Å²) in [7, 11) is 0. The SMILES string of the molecule is Cc1cnccc1CN1CCC[C@H](c2cc3nc(C(C)C)cc(C(F)(F)F)n3n2)C1. The Hall–Kier alpha value is -2.48. The highest BCUT2D eigenvalue weighted by Gasteiger charge is 2.36. The molecule has 30 heavy (non-hydrogen) atoms. The lowest BCUT2D eigenvalue weighted by Gasteiger charge is -2.32. The number of fused-ring (bicyclic) bond motifs is 1. The van der Waals surface area contributed by atoms with E-state index in [9.17, 15) is 13.2 Å². The highest BCUT2D eigenvalue weighted by molar-refractivity contribution is 5.44. The molecule has 0 N–H and O–H groups in total. The molecule has 1 fully saturated rings. The van der Waals surface area contributed by atoms with E-state index < -0.39 is 11.9 Å². The third kappa shape index (κ3) is 4.19. The van der Waals surface area contributed by atoms with Gasteiger partial charge in [0, 0.05) is 43.2 Å². The summed E-state index contributed by atoms with van der Waals surface area (Å²) >= 11 is 0. The number of piperidine rings is 1. The van der Waals surface area contributed by atoms with Crippen LogP contribution in [0.15, 0.2) is 30.6 Å². The van der Waals surface area contributed by atoms with Crippen molar-refractivity contribution >= 4 is 5.65 Å². The summed E-state index contributed by atoms with van der Waals surface area (Å²) in [5.41, 5.74) is 2.99. The first-order chi connectivity index (χ1) is 14.2. The number of hydrogen-bond donors (Lipinski definition) is 0. The fourth-order valence-corrected chi connectivity index (χ4v) is 4.07. The summed E-state index contributed by atoms with van der Waals surface area (Å²) in [6.07, 6.45) is 1.07. The largest absolute Gasteiger partial charge is 0.433 e. The Morgan fingerprint density at radius 2 is 2.03 bits per heavy atom. The van der Waals surface area contributed by atoms with Crippen LogP contribution < -0.4 is 0 Å². The van der Waals surface area contributed by atoms with E-state index in [-0.39, 0.29) is 17.5 Å². The van der Waals surface area contributed by atoms with Crippen LogP contribution in [0.2, 0.25) is 0 Å². The number of likely N-dealkylation sites (tertiary alicyclic amines) is 1. The molecule has 0 spiro atoms. The van der Waals surface area contributed by atoms with Gasteiger partial charge < -0.3 is 0 Å². The predicted molar refractivity (Wildman–Crippen MR) is 108 cm³/mol. The van der Waals surface area contributed by atoms with E-state index in [4.69, 9.17) is 0 Å². The lowest BCUT2D eigenvalue weighted by molar-refractivity contribution is -0.142. The standard InChI is InChI=1S/C22H26F3N5/c1-14(2)18-9-20(22(23,24)25)30-21(27-18)10-19(28-30)17-5-4-8-29(13-17)12-16-6-7-26-11-15(16)3/h6-7,9-11,14,17H,4-5,8,12-13H2,1-3H3/t17-/m0/s1. The van der Waals surface area contributed by atoms with Gasteiger partial charge in [0.05, 0.1) is 5.69 Å². The molecular formula is C22H26F3N5. The molecular weight excluding hydrogens is 391 g/mol. The van der Waals surface area contributed by atoms with E-state index in [1.165, 1.54) is 5.56 Å². The topological polar surface area (TPSA) is 46.3 Å². The molecule has 160 valence electrons. The van der Waals surface area contributed by atoms with Crippen LogP contribution >= 0.6 is 0 Å². The zero-order valence-electron chi connectivity index (χ0n) is 17.4. The quantitative estimate of drug-likeness (QED) is 0.602. The van der Waals surface area contributed by atoms with Gasteiger partial charge in [-0.2, -0.15) is 18.3 Å². The molecule has 0 amide bonds. The van der Waals surface area contributed by atoms with Crippen molar-refractivity contribution in [3.8, 4) is 0 Å². The molecule has 4 heterocycles. The Balaban J connectivity index is 1.63. The number of aromatic nitrogens is 4. The molecule has 4 rings (SSSR count). The first-order valence-electron chi connectivity index (χ1n) is 10.3. The molecule has 0 aromatic carbocycles. The summed E-state index contributed by atoms with van der Waals surface area (Å²) in [5, 5.41) is 4.36. The van der Waals surface area contributed by atoms with Crippen LogP contribution in [0.4, 0.5) is 13.2 Å². The van der Waals surface area contributed by atoms with Crippen molar-refractivity contribution in [1.29, 1.82) is 0 Å². The smallest absolute Gasteiger partial charge is 0.298 e. The minimum Gasteiger partial charge on any atom is -0.298 e. The van der Waals surface area contributed by atoms with Crippen molar-refractivity contribution in [1.82, 2.24) is 24.5 Å². The molecule has 0 aliphatic carbocycles. The summed E-state index contributed by atoms with van der Waals surface area (Å²) < 4.78 is 41.9. The van der Waals surface area contributed by atoms with Gasteiger partial charge >= 0.3 is 6.18 Å². The lowest BCUT2D eigenvalue weighted by Crippen LogP contribution is -2.34. The van der Waals surface area contributed by atoms with Crippen LogP contribution in [0.25, 0.3) is 5.65 Å². The number of hydrogen-bond acceptors (Lipinski definition) is 4. The van der Waals surface area contributed by atoms with Gasteiger partial charge in [0.1, 0.15) is 5.69 Å². The van der Waals surface area contributed by atoms with E-state index in [0.717, 1.165) is 48.6 Å². The van der Waals surface area contributed by atoms with Crippen molar-refractivity contribution in [3.05, 3.63) is 58.8 Å². The number of halogens is 3. The van der Waals surface area contributed by atoms with Crippen LogP contribution in [-0.2, 0) is 12.7 Å². The van der Waals surface area contributed by atoms with E-state index >= 15 is 0 Å². The summed E-state index contributed by atoms with van der Waals surface area (Å²) in [6, 6.07) is 4.87. The van der Waals surface area contributed by atoms with Crippen LogP contribution in [0, 0.1) is 6.92 Å². The maximum atomic E-state index is 13.7. The maximum absolute atomic E-state index is 13.7. The van der Waals surface area contributed by atoms with Gasteiger partial charge in [-0.15, -0.1) is 0 Å². The minimum absolute atomic E-state index is 0.0891. The molecule has 8 heteroatoms. The number of nitrogens with zero attached hydrogens (tertiary/aromatic N) is 5. The maximum Gasteiger partial charge on any atom is 0.433 e. The van der Waals surface area contributed by atoms with Gasteiger partial charge in [-0.3, -0.25) is 9.88 Å². The van der Waals surface area contributed by atoms with E-state index in [2.05, 4.69) is 20.0 Å². The molecule has 1 aliphatic heterocycles. The Kier molecular flexibility index (Phi) is 5.53. The van der Waals surface area contributed by atoms with Gasteiger partial charge in [0.2, 0.25) is 0 Å². The van der Waals surface area contributed by atoms with Crippen molar-refractivity contribution in [2.24, 2.45) is 0 Å². The second-order valence-corrected chi connectivity index (χ2v) is 8.43. The average Bonchev–Trinajstić information content (AvgIpc) is 3.12. The third-order valence-corrected chi connectivity index (χ3v) is 5.80. The van der Waals surface area contributed by atoms with Gasteiger partial charge in [0.25, 0.3) is 0 Å². The molecule has 3 aromatic heterocycles. The monoisotopic (exact) mass is 417 g/mol. The number of aryl methyl sites for hydroxylation is 1. The van der Waals surface area contributed by atoms with E-state index in [1.54, 1.807) is 12.3 Å². The fourth-order valence-electron chi connectivity index (χ4n) is 4.07. The Morgan fingerprint density at radius 1 is 1.23 bits per heavy atom. The highest BCUT2D eigenvalue weighted by Crippen LogP contribution is 2.33. The highest BCUT2D eigenvalue weighted by atomic mass is 19.4. The van der Waals surface area contributed by atoms with Crippen molar-refractivity contribution in [3.63, 3.8) is 0 Å².